The summed E-state index contributed by atoms with van der Waals surface area (Å²) in [5.41, 5.74) is 0. The van der Waals surface area contributed by atoms with Gasteiger partial charge in [-0.15, -0.1) is 0 Å². The van der Waals surface area contributed by atoms with E-state index >= 15 is 0 Å². The second kappa shape index (κ2) is 20.8. The van der Waals surface area contributed by atoms with Gasteiger partial charge < -0.3 is 4.90 Å². The Bertz CT molecular complexity index is 769. The summed E-state index contributed by atoms with van der Waals surface area (Å²) in [6.07, 6.45) is 10.4. The fraction of sp³-hybridized carbons (Fsp3) is 0.968. The summed E-state index contributed by atoms with van der Waals surface area (Å²) in [5.74, 6) is -39.4. The van der Waals surface area contributed by atoms with Crippen LogP contribution < -0.4 is 0 Å². The molecule has 0 atom stereocenters. The lowest BCUT2D eigenvalue weighted by molar-refractivity contribution is -0.407. The van der Waals surface area contributed by atoms with Crippen molar-refractivity contribution in [2.45, 2.75) is 178 Å². The van der Waals surface area contributed by atoms with Gasteiger partial charge in [0.15, 0.2) is 0 Å². The third kappa shape index (κ3) is 12.6. The van der Waals surface area contributed by atoms with Gasteiger partial charge in [0.25, 0.3) is 5.91 Å². The molecular formula is C31H51F12NO. The highest BCUT2D eigenvalue weighted by Gasteiger charge is 2.89. The summed E-state index contributed by atoms with van der Waals surface area (Å²) in [6, 6.07) is 0. The van der Waals surface area contributed by atoms with Gasteiger partial charge in [-0.25, -0.2) is 8.78 Å². The van der Waals surface area contributed by atoms with Crippen LogP contribution in [0.3, 0.4) is 0 Å². The zero-order chi connectivity index (χ0) is 34.8. The van der Waals surface area contributed by atoms with Crippen LogP contribution in [0, 0.1) is 0 Å². The van der Waals surface area contributed by atoms with E-state index in [-0.39, 0.29) is 17.7 Å². The van der Waals surface area contributed by atoms with Gasteiger partial charge in [0, 0.05) is 13.1 Å². The summed E-state index contributed by atoms with van der Waals surface area (Å²) in [7, 11) is 0. The normalized spacial score (nSPS) is 13.6. The Morgan fingerprint density at radius 2 is 0.756 bits per heavy atom. The third-order valence-corrected chi connectivity index (χ3v) is 7.99. The first-order chi connectivity index (χ1) is 20.9. The van der Waals surface area contributed by atoms with Crippen LogP contribution in [0.5, 0.6) is 0 Å². The second-order valence-corrected chi connectivity index (χ2v) is 11.9. The highest BCUT2D eigenvalue weighted by atomic mass is 19.4. The first-order valence-electron chi connectivity index (χ1n) is 16.3. The maximum atomic E-state index is 14.7. The van der Waals surface area contributed by atoms with Crippen LogP contribution in [0.2, 0.25) is 0 Å². The molecule has 0 aromatic carbocycles. The van der Waals surface area contributed by atoms with E-state index in [0.717, 1.165) is 89.9 Å². The van der Waals surface area contributed by atoms with Crippen LogP contribution in [0.25, 0.3) is 0 Å². The van der Waals surface area contributed by atoms with Gasteiger partial charge in [-0.1, -0.05) is 129 Å². The van der Waals surface area contributed by atoms with Gasteiger partial charge in [0.1, 0.15) is 0 Å². The fourth-order valence-corrected chi connectivity index (χ4v) is 4.97. The number of amides is 1. The maximum Gasteiger partial charge on any atom is 0.392 e. The van der Waals surface area contributed by atoms with Gasteiger partial charge in [0.05, 0.1) is 0 Å². The van der Waals surface area contributed by atoms with Gasteiger partial charge in [0.2, 0.25) is 0 Å². The molecule has 0 unspecified atom stereocenters. The Balaban J connectivity index is 5.47. The molecule has 0 aliphatic rings. The molecule has 0 N–H and O–H groups in total. The van der Waals surface area contributed by atoms with Crippen LogP contribution in [-0.2, 0) is 4.79 Å². The molecule has 0 spiro atoms. The average Bonchev–Trinajstić information content (AvgIpc) is 2.96. The lowest BCUT2D eigenvalue weighted by atomic mass is 9.93. The van der Waals surface area contributed by atoms with Crippen molar-refractivity contribution in [1.82, 2.24) is 4.90 Å². The lowest BCUT2D eigenvalue weighted by Crippen LogP contribution is -2.71. The van der Waals surface area contributed by atoms with E-state index < -0.39 is 55.0 Å². The molecule has 14 heteroatoms. The molecule has 0 fully saturated rings. The first kappa shape index (κ1) is 43.6. The molecule has 0 rings (SSSR count). The van der Waals surface area contributed by atoms with Crippen LogP contribution in [0.4, 0.5) is 52.7 Å². The predicted molar refractivity (Wildman–Crippen MR) is 151 cm³/mol. The predicted octanol–water partition coefficient (Wildman–Crippen LogP) is 12.1. The van der Waals surface area contributed by atoms with Crippen molar-refractivity contribution in [2.75, 3.05) is 13.1 Å². The number of hydrogen-bond acceptors (Lipinski definition) is 1. The fourth-order valence-electron chi connectivity index (χ4n) is 4.97. The molecule has 270 valence electrons. The lowest BCUT2D eigenvalue weighted by Gasteiger charge is -2.39. The van der Waals surface area contributed by atoms with Crippen molar-refractivity contribution >= 4 is 5.91 Å². The van der Waals surface area contributed by atoms with Crippen molar-refractivity contribution in [1.29, 1.82) is 0 Å². The number of carbonyl (C=O) groups excluding carboxylic acids is 1. The molecule has 0 aliphatic heterocycles. The second-order valence-electron chi connectivity index (χ2n) is 11.9. The number of unbranched alkanes of at least 4 members (excludes halogenated alkanes) is 18. The molecule has 1 amide bonds. The molecule has 0 aromatic heterocycles. The van der Waals surface area contributed by atoms with Crippen LogP contribution in [-0.4, -0.2) is 59.9 Å². The molecule has 0 radical (unpaired) electrons. The zero-order valence-electron chi connectivity index (χ0n) is 26.5. The highest BCUT2D eigenvalue weighted by Crippen LogP contribution is 2.58. The Labute approximate surface area is 260 Å². The van der Waals surface area contributed by atoms with Crippen molar-refractivity contribution in [3.05, 3.63) is 0 Å². The zero-order valence-corrected chi connectivity index (χ0v) is 26.5. The molecule has 0 saturated carbocycles. The van der Waals surface area contributed by atoms with E-state index in [2.05, 4.69) is 13.8 Å². The summed E-state index contributed by atoms with van der Waals surface area (Å²) in [6.45, 7) is 2.98. The van der Waals surface area contributed by atoms with E-state index in [4.69, 9.17) is 0 Å². The molecule has 0 aromatic rings. The molecule has 0 aliphatic carbocycles. The number of halogens is 12. The summed E-state index contributed by atoms with van der Waals surface area (Å²) < 4.78 is 165. The minimum Gasteiger partial charge on any atom is -0.337 e. The monoisotopic (exact) mass is 681 g/mol. The number of nitrogens with zero attached hydrogens (tertiary/aromatic N) is 1. The minimum atomic E-state index is -7.71. The van der Waals surface area contributed by atoms with Crippen LogP contribution in [0.1, 0.15) is 142 Å². The van der Waals surface area contributed by atoms with E-state index in [1.807, 2.05) is 0 Å². The number of hydrogen-bond donors (Lipinski definition) is 0. The Morgan fingerprint density at radius 3 is 1.04 bits per heavy atom. The number of rotatable bonds is 28. The Kier molecular flexibility index (Phi) is 20.1. The Morgan fingerprint density at radius 1 is 0.467 bits per heavy atom. The number of alkyl halides is 12. The molecule has 45 heavy (non-hydrogen) atoms. The smallest absolute Gasteiger partial charge is 0.337 e. The van der Waals surface area contributed by atoms with E-state index in [9.17, 15) is 57.5 Å². The van der Waals surface area contributed by atoms with Gasteiger partial charge in [-0.05, 0) is 12.8 Å². The summed E-state index contributed by atoms with van der Waals surface area (Å²) in [4.78, 5) is 12.7. The molecular weight excluding hydrogens is 630 g/mol. The maximum absolute atomic E-state index is 14.7. The Hall–Kier alpha value is -1.37. The first-order valence-corrected chi connectivity index (χ1v) is 16.3. The van der Waals surface area contributed by atoms with Crippen LogP contribution in [0.15, 0.2) is 0 Å². The summed E-state index contributed by atoms with van der Waals surface area (Å²) >= 11 is 0. The largest absolute Gasteiger partial charge is 0.392 e. The van der Waals surface area contributed by atoms with Gasteiger partial charge >= 0.3 is 36.0 Å². The molecule has 0 saturated heterocycles. The van der Waals surface area contributed by atoms with Crippen LogP contribution >= 0.6 is 0 Å². The molecule has 0 bridgehead atoms. The standard InChI is InChI=1S/C31H51F12NO/c1-3-5-7-9-11-13-15-17-19-21-23-44(24-22-20-18-16-14-12-10-8-6-4-2)26(45)28(36,37)30(40,41)31(42,43)29(38,39)27(34,35)25(32)33/h25H,3-24H2,1-2H3. The average molecular weight is 682 g/mol. The molecule has 2 nitrogen and oxygen atoms in total. The van der Waals surface area contributed by atoms with Gasteiger partial charge in [-0.2, -0.15) is 43.9 Å². The third-order valence-electron chi connectivity index (χ3n) is 7.99. The SMILES string of the molecule is CCCCCCCCCCCCN(CCCCCCCCCCCC)C(=O)C(F)(F)C(F)(F)C(F)(F)C(F)(F)C(F)(F)C(F)F. The quantitative estimate of drug-likeness (QED) is 0.0595. The van der Waals surface area contributed by atoms with Crippen molar-refractivity contribution in [2.24, 2.45) is 0 Å². The molecule has 0 heterocycles. The van der Waals surface area contributed by atoms with E-state index in [1.54, 1.807) is 0 Å². The van der Waals surface area contributed by atoms with E-state index in [0.29, 0.717) is 25.7 Å². The minimum absolute atomic E-state index is 0.0109. The highest BCUT2D eigenvalue weighted by molar-refractivity contribution is 5.85. The van der Waals surface area contributed by atoms with Crippen molar-refractivity contribution < 1.29 is 57.5 Å². The summed E-state index contributed by atoms with van der Waals surface area (Å²) in [5, 5.41) is 0. The van der Waals surface area contributed by atoms with Gasteiger partial charge in [-0.3, -0.25) is 4.79 Å². The van der Waals surface area contributed by atoms with E-state index in [1.165, 1.54) is 0 Å². The van der Waals surface area contributed by atoms with Crippen molar-refractivity contribution in [3.63, 3.8) is 0 Å². The van der Waals surface area contributed by atoms with Crippen molar-refractivity contribution in [3.8, 4) is 0 Å². The number of carbonyl (C=O) groups is 1. The topological polar surface area (TPSA) is 20.3 Å².